The van der Waals surface area contributed by atoms with Gasteiger partial charge in [0.25, 0.3) is 0 Å². The van der Waals surface area contributed by atoms with Gasteiger partial charge in [0, 0.05) is 18.7 Å². The Morgan fingerprint density at radius 3 is 2.44 bits per heavy atom. The monoisotopic (exact) mass is 385 g/mol. The minimum atomic E-state index is -0.533. The smallest absolute Gasteiger partial charge is 0.124 e. The van der Waals surface area contributed by atoms with E-state index in [-0.39, 0.29) is 12.4 Å². The van der Waals surface area contributed by atoms with Crippen LogP contribution in [0.5, 0.6) is 5.75 Å². The number of ether oxygens (including phenoxy) is 1. The maximum Gasteiger partial charge on any atom is 0.124 e. The molecule has 3 nitrogen and oxygen atoms in total. The van der Waals surface area contributed by atoms with Gasteiger partial charge in [0.1, 0.15) is 18.2 Å². The van der Waals surface area contributed by atoms with Crippen LogP contribution in [0.15, 0.2) is 72.8 Å². The molecule has 0 fully saturated rings. The van der Waals surface area contributed by atoms with Gasteiger partial charge in [0.15, 0.2) is 0 Å². The van der Waals surface area contributed by atoms with Crippen molar-refractivity contribution in [3.8, 4) is 5.75 Å². The molecule has 0 radical (unpaired) electrons. The summed E-state index contributed by atoms with van der Waals surface area (Å²) in [5, 5.41) is 13.7. The molecular weight excluding hydrogens is 365 g/mol. The first-order chi connectivity index (χ1) is 13.1. The maximum absolute atomic E-state index is 13.1. The van der Waals surface area contributed by atoms with E-state index < -0.39 is 6.10 Å². The molecule has 3 rings (SSSR count). The van der Waals surface area contributed by atoms with Crippen LogP contribution in [0.4, 0.5) is 4.39 Å². The van der Waals surface area contributed by atoms with Crippen LogP contribution in [-0.2, 0) is 13.2 Å². The third-order valence-electron chi connectivity index (χ3n) is 4.18. The summed E-state index contributed by atoms with van der Waals surface area (Å²) in [5.41, 5.74) is 2.72. The zero-order valence-corrected chi connectivity index (χ0v) is 15.5. The maximum atomic E-state index is 13.1. The van der Waals surface area contributed by atoms with Gasteiger partial charge in [-0.25, -0.2) is 4.39 Å². The van der Waals surface area contributed by atoms with Crippen molar-refractivity contribution in [1.82, 2.24) is 5.32 Å². The Morgan fingerprint density at radius 1 is 1.00 bits per heavy atom. The second kappa shape index (κ2) is 9.51. The lowest BCUT2D eigenvalue weighted by Gasteiger charge is -2.12. The fourth-order valence-corrected chi connectivity index (χ4v) is 2.87. The van der Waals surface area contributed by atoms with Crippen molar-refractivity contribution in [3.05, 3.63) is 100 Å². The summed E-state index contributed by atoms with van der Waals surface area (Å²) in [7, 11) is 0. The molecular formula is C22H21ClFNO2. The molecule has 0 aromatic heterocycles. The summed E-state index contributed by atoms with van der Waals surface area (Å²) >= 11 is 6.00. The van der Waals surface area contributed by atoms with Crippen molar-refractivity contribution in [2.24, 2.45) is 0 Å². The Hall–Kier alpha value is -2.40. The normalized spacial score (nSPS) is 12.0. The highest BCUT2D eigenvalue weighted by atomic mass is 35.5. The average Bonchev–Trinajstić information content (AvgIpc) is 2.69. The number of aliphatic hydroxyl groups excluding tert-OH is 1. The van der Waals surface area contributed by atoms with E-state index in [0.29, 0.717) is 23.9 Å². The topological polar surface area (TPSA) is 41.5 Å². The van der Waals surface area contributed by atoms with Crippen LogP contribution < -0.4 is 10.1 Å². The van der Waals surface area contributed by atoms with Crippen molar-refractivity contribution in [1.29, 1.82) is 0 Å². The van der Waals surface area contributed by atoms with Crippen molar-refractivity contribution in [2.45, 2.75) is 19.3 Å². The van der Waals surface area contributed by atoms with Crippen LogP contribution in [0, 0.1) is 5.82 Å². The molecule has 0 aliphatic heterocycles. The number of rotatable bonds is 8. The van der Waals surface area contributed by atoms with E-state index in [2.05, 4.69) is 5.32 Å². The lowest BCUT2D eigenvalue weighted by molar-refractivity contribution is 0.174. The minimum absolute atomic E-state index is 0.278. The van der Waals surface area contributed by atoms with E-state index in [0.717, 1.165) is 16.7 Å². The third-order valence-corrected chi connectivity index (χ3v) is 4.54. The lowest BCUT2D eigenvalue weighted by atomic mass is 10.1. The van der Waals surface area contributed by atoms with Crippen molar-refractivity contribution in [2.75, 3.05) is 6.54 Å². The zero-order chi connectivity index (χ0) is 19.1. The van der Waals surface area contributed by atoms with Crippen LogP contribution in [0.2, 0.25) is 5.02 Å². The molecule has 5 heteroatoms. The summed E-state index contributed by atoms with van der Waals surface area (Å²) in [6.07, 6.45) is -0.533. The first-order valence-electron chi connectivity index (χ1n) is 8.71. The van der Waals surface area contributed by atoms with Gasteiger partial charge in [-0.3, -0.25) is 0 Å². The molecule has 0 heterocycles. The molecule has 1 atom stereocenters. The van der Waals surface area contributed by atoms with Crippen LogP contribution in [0.3, 0.4) is 0 Å². The molecule has 0 saturated carbocycles. The highest BCUT2D eigenvalue weighted by molar-refractivity contribution is 6.31. The zero-order valence-electron chi connectivity index (χ0n) is 14.7. The van der Waals surface area contributed by atoms with E-state index in [9.17, 15) is 9.50 Å². The van der Waals surface area contributed by atoms with Crippen molar-refractivity contribution < 1.29 is 14.2 Å². The number of nitrogens with one attached hydrogen (secondary N) is 1. The number of aliphatic hydroxyl groups is 1. The summed E-state index contributed by atoms with van der Waals surface area (Å²) in [5.74, 6) is 0.349. The third kappa shape index (κ3) is 5.79. The van der Waals surface area contributed by atoms with Crippen LogP contribution in [0.1, 0.15) is 22.8 Å². The summed E-state index contributed by atoms with van der Waals surface area (Å²) < 4.78 is 18.8. The molecule has 0 bridgehead atoms. The van der Waals surface area contributed by atoms with Crippen molar-refractivity contribution >= 4 is 11.6 Å². The van der Waals surface area contributed by atoms with E-state index in [1.165, 1.54) is 12.1 Å². The van der Waals surface area contributed by atoms with Gasteiger partial charge >= 0.3 is 0 Å². The Bertz CT molecular complexity index is 856. The highest BCUT2D eigenvalue weighted by Gasteiger charge is 2.06. The predicted molar refractivity (Wildman–Crippen MR) is 105 cm³/mol. The summed E-state index contributed by atoms with van der Waals surface area (Å²) in [6, 6.07) is 21.5. The molecule has 0 aliphatic rings. The average molecular weight is 386 g/mol. The van der Waals surface area contributed by atoms with Crippen molar-refractivity contribution in [3.63, 3.8) is 0 Å². The van der Waals surface area contributed by atoms with Gasteiger partial charge in [-0.05, 0) is 35.4 Å². The first-order valence-corrected chi connectivity index (χ1v) is 9.09. The lowest BCUT2D eigenvalue weighted by Crippen LogP contribution is -2.20. The quantitative estimate of drug-likeness (QED) is 0.580. The van der Waals surface area contributed by atoms with E-state index >= 15 is 0 Å². The van der Waals surface area contributed by atoms with Gasteiger partial charge in [0.2, 0.25) is 0 Å². The van der Waals surface area contributed by atoms with E-state index in [4.69, 9.17) is 16.3 Å². The predicted octanol–water partition coefficient (Wildman–Crippen LogP) is 4.88. The van der Waals surface area contributed by atoms with Crippen LogP contribution >= 0.6 is 11.6 Å². The summed E-state index contributed by atoms with van der Waals surface area (Å²) in [6.45, 7) is 1.40. The first kappa shape index (κ1) is 19.4. The number of hydrogen-bond acceptors (Lipinski definition) is 3. The SMILES string of the molecule is O[C@H](CNCc1ccc(OCc2ccc(F)cc2Cl)cc1)c1ccccc1. The Morgan fingerprint density at radius 2 is 1.74 bits per heavy atom. The molecule has 0 aliphatic carbocycles. The molecule has 27 heavy (non-hydrogen) atoms. The standard InChI is InChI=1S/C22H21ClFNO2/c23-21-12-19(24)9-8-18(21)15-27-20-10-6-16(7-11-20)13-25-14-22(26)17-4-2-1-3-5-17/h1-12,22,25-26H,13-15H2/t22-/m1/s1. The molecule has 0 saturated heterocycles. The highest BCUT2D eigenvalue weighted by Crippen LogP contribution is 2.20. The van der Waals surface area contributed by atoms with Gasteiger partial charge in [-0.1, -0.05) is 60.1 Å². The second-order valence-corrected chi connectivity index (χ2v) is 6.63. The largest absolute Gasteiger partial charge is 0.489 e. The van der Waals surface area contributed by atoms with Gasteiger partial charge in [-0.15, -0.1) is 0 Å². The Balaban J connectivity index is 1.46. The summed E-state index contributed by atoms with van der Waals surface area (Å²) in [4.78, 5) is 0. The number of halogens is 2. The molecule has 0 unspecified atom stereocenters. The molecule has 3 aromatic rings. The van der Waals surface area contributed by atoms with E-state index in [1.54, 1.807) is 6.07 Å². The van der Waals surface area contributed by atoms with Gasteiger partial charge in [0.05, 0.1) is 11.1 Å². The minimum Gasteiger partial charge on any atom is -0.489 e. The Labute approximate surface area is 163 Å². The van der Waals surface area contributed by atoms with E-state index in [1.807, 2.05) is 54.6 Å². The Kier molecular flexibility index (Phi) is 6.82. The van der Waals surface area contributed by atoms with Crippen LogP contribution in [0.25, 0.3) is 0 Å². The van der Waals surface area contributed by atoms with Gasteiger partial charge < -0.3 is 15.2 Å². The fraction of sp³-hybridized carbons (Fsp3) is 0.182. The number of benzene rings is 3. The molecule has 2 N–H and O–H groups in total. The van der Waals surface area contributed by atoms with Gasteiger partial charge in [-0.2, -0.15) is 0 Å². The second-order valence-electron chi connectivity index (χ2n) is 6.23. The number of hydrogen-bond donors (Lipinski definition) is 2. The molecule has 3 aromatic carbocycles. The fourth-order valence-electron chi connectivity index (χ4n) is 2.65. The molecule has 0 amide bonds. The van der Waals surface area contributed by atoms with Crippen LogP contribution in [-0.4, -0.2) is 11.7 Å². The molecule has 140 valence electrons. The molecule has 0 spiro atoms.